The molecule has 3 aromatic carbocycles. The number of benzene rings is 3. The molecule has 1 amide bonds. The Morgan fingerprint density at radius 2 is 1.55 bits per heavy atom. The Labute approximate surface area is 228 Å². The zero-order valence-electron chi connectivity index (χ0n) is 23.3. The maximum absolute atomic E-state index is 11.9. The van der Waals surface area contributed by atoms with E-state index in [-0.39, 0.29) is 11.5 Å². The first-order valence-corrected chi connectivity index (χ1v) is 13.8. The zero-order chi connectivity index (χ0) is 27.1. The summed E-state index contributed by atoms with van der Waals surface area (Å²) in [7, 11) is 0. The minimum absolute atomic E-state index is 0.109. The van der Waals surface area contributed by atoms with Crippen molar-refractivity contribution >= 4 is 6.09 Å². The third-order valence-corrected chi connectivity index (χ3v) is 7.95. The van der Waals surface area contributed by atoms with E-state index in [1.165, 1.54) is 27.2 Å². The summed E-state index contributed by atoms with van der Waals surface area (Å²) in [5, 5.41) is 9.80. The van der Waals surface area contributed by atoms with Crippen LogP contribution in [0.3, 0.4) is 0 Å². The maximum Gasteiger partial charge on any atom is 0.407 e. The van der Waals surface area contributed by atoms with Gasteiger partial charge in [-0.05, 0) is 59.9 Å². The molecular formula is C33H42N2O3. The Hall–Kier alpha value is -3.31. The van der Waals surface area contributed by atoms with Gasteiger partial charge in [-0.25, -0.2) is 4.79 Å². The number of ether oxygens (including phenoxy) is 1. The van der Waals surface area contributed by atoms with Gasteiger partial charge in [0, 0.05) is 25.2 Å². The van der Waals surface area contributed by atoms with Gasteiger partial charge in [0.1, 0.15) is 12.4 Å². The third kappa shape index (κ3) is 7.16. The molecule has 0 saturated carbocycles. The van der Waals surface area contributed by atoms with Crippen LogP contribution in [0.1, 0.15) is 56.4 Å². The molecule has 0 aromatic heterocycles. The monoisotopic (exact) mass is 514 g/mol. The first kappa shape index (κ1) is 27.7. The molecule has 38 heavy (non-hydrogen) atoms. The third-order valence-electron chi connectivity index (χ3n) is 7.95. The van der Waals surface area contributed by atoms with Crippen LogP contribution in [-0.2, 0) is 25.9 Å². The van der Waals surface area contributed by atoms with Gasteiger partial charge in [-0.15, -0.1) is 0 Å². The summed E-state index contributed by atoms with van der Waals surface area (Å²) >= 11 is 0. The van der Waals surface area contributed by atoms with Crippen molar-refractivity contribution in [3.05, 3.63) is 101 Å². The predicted molar refractivity (Wildman–Crippen MR) is 154 cm³/mol. The van der Waals surface area contributed by atoms with Crippen molar-refractivity contribution in [2.45, 2.75) is 72.1 Å². The number of rotatable bonds is 10. The van der Waals surface area contributed by atoms with Crippen LogP contribution in [0, 0.1) is 5.41 Å². The molecule has 0 fully saturated rings. The first-order valence-electron chi connectivity index (χ1n) is 13.8. The lowest BCUT2D eigenvalue weighted by atomic mass is 9.86. The summed E-state index contributed by atoms with van der Waals surface area (Å²) in [6.07, 6.45) is 2.14. The van der Waals surface area contributed by atoms with E-state index >= 15 is 0 Å². The Morgan fingerprint density at radius 3 is 2.11 bits per heavy atom. The summed E-state index contributed by atoms with van der Waals surface area (Å²) in [6, 6.07) is 28.0. The van der Waals surface area contributed by atoms with Crippen LogP contribution in [0.25, 0.3) is 0 Å². The summed E-state index contributed by atoms with van der Waals surface area (Å²) in [6.45, 7) is 10.7. The van der Waals surface area contributed by atoms with Gasteiger partial charge < -0.3 is 14.7 Å². The molecule has 0 bridgehead atoms. The molecule has 4 rings (SSSR count). The van der Waals surface area contributed by atoms with E-state index < -0.39 is 6.09 Å². The van der Waals surface area contributed by atoms with Crippen LogP contribution in [-0.4, -0.2) is 46.2 Å². The van der Waals surface area contributed by atoms with Crippen molar-refractivity contribution in [2.75, 3.05) is 13.2 Å². The van der Waals surface area contributed by atoms with E-state index in [9.17, 15) is 9.90 Å². The molecule has 5 nitrogen and oxygen atoms in total. The van der Waals surface area contributed by atoms with Crippen molar-refractivity contribution in [2.24, 2.45) is 5.41 Å². The van der Waals surface area contributed by atoms with E-state index in [1.54, 1.807) is 0 Å². The second-order valence-corrected chi connectivity index (χ2v) is 11.5. The van der Waals surface area contributed by atoms with Crippen molar-refractivity contribution in [1.82, 2.24) is 9.80 Å². The fourth-order valence-corrected chi connectivity index (χ4v) is 5.31. The smallest absolute Gasteiger partial charge is 0.407 e. The molecular weight excluding hydrogens is 472 g/mol. The van der Waals surface area contributed by atoms with Gasteiger partial charge in [-0.3, -0.25) is 4.90 Å². The average Bonchev–Trinajstić information content (AvgIpc) is 2.90. The van der Waals surface area contributed by atoms with Crippen molar-refractivity contribution in [3.8, 4) is 5.75 Å². The number of hydrogen-bond acceptors (Lipinski definition) is 3. The standard InChI is InChI=1S/C33H42N2O3/c1-25(33(2,3)4)35(32(36)37)20-21-38-31-17-11-16-28-18-19-29(22-30(28)31)34(23-26-12-7-5-8-13-26)24-27-14-9-6-10-15-27/h5-17,25,29H,18-24H2,1-4H3,(H,36,37)/t25?,29-/m1/s1. The summed E-state index contributed by atoms with van der Waals surface area (Å²) in [5.74, 6) is 0.889. The number of carboxylic acid groups (broad SMARTS) is 1. The van der Waals surface area contributed by atoms with Crippen molar-refractivity contribution in [1.29, 1.82) is 0 Å². The van der Waals surface area contributed by atoms with Crippen LogP contribution in [0.2, 0.25) is 0 Å². The fourth-order valence-electron chi connectivity index (χ4n) is 5.31. The zero-order valence-corrected chi connectivity index (χ0v) is 23.3. The number of hydrogen-bond donors (Lipinski definition) is 1. The Kier molecular flexibility index (Phi) is 9.11. The highest BCUT2D eigenvalue weighted by molar-refractivity contribution is 5.65. The Balaban J connectivity index is 1.49. The van der Waals surface area contributed by atoms with E-state index in [2.05, 4.69) is 98.5 Å². The largest absolute Gasteiger partial charge is 0.491 e. The van der Waals surface area contributed by atoms with E-state index in [1.807, 2.05) is 13.0 Å². The highest BCUT2D eigenvalue weighted by Gasteiger charge is 2.30. The lowest BCUT2D eigenvalue weighted by molar-refractivity contribution is 0.0802. The number of nitrogens with zero attached hydrogens (tertiary/aromatic N) is 2. The van der Waals surface area contributed by atoms with Crippen molar-refractivity contribution in [3.63, 3.8) is 0 Å². The van der Waals surface area contributed by atoms with Gasteiger partial charge in [-0.2, -0.15) is 0 Å². The SMILES string of the molecule is CC(N(CCOc1cccc2c1C[C@H](N(Cc1ccccc1)Cc1ccccc1)CC2)C(=O)O)C(C)(C)C. The van der Waals surface area contributed by atoms with Gasteiger partial charge in [-0.1, -0.05) is 93.6 Å². The number of amides is 1. The van der Waals surface area contributed by atoms with Crippen LogP contribution >= 0.6 is 0 Å². The van der Waals surface area contributed by atoms with E-state index in [0.717, 1.165) is 38.1 Å². The minimum atomic E-state index is -0.899. The second kappa shape index (κ2) is 12.5. The van der Waals surface area contributed by atoms with E-state index in [0.29, 0.717) is 19.2 Å². The Morgan fingerprint density at radius 1 is 0.947 bits per heavy atom. The highest BCUT2D eigenvalue weighted by atomic mass is 16.5. The molecule has 5 heteroatoms. The van der Waals surface area contributed by atoms with Crippen LogP contribution < -0.4 is 4.74 Å². The molecule has 1 unspecified atom stereocenters. The fraction of sp³-hybridized carbons (Fsp3) is 0.424. The second-order valence-electron chi connectivity index (χ2n) is 11.5. The number of carbonyl (C=O) groups is 1. The van der Waals surface area contributed by atoms with Gasteiger partial charge in [0.2, 0.25) is 0 Å². The number of aryl methyl sites for hydroxylation is 1. The minimum Gasteiger partial charge on any atom is -0.491 e. The van der Waals surface area contributed by atoms with Gasteiger partial charge in [0.25, 0.3) is 0 Å². The summed E-state index contributed by atoms with van der Waals surface area (Å²) in [5.41, 5.74) is 5.11. The molecule has 0 radical (unpaired) electrons. The molecule has 3 aromatic rings. The Bertz CT molecular complexity index is 1130. The maximum atomic E-state index is 11.9. The van der Waals surface area contributed by atoms with Crippen LogP contribution in [0.4, 0.5) is 4.79 Å². The first-order chi connectivity index (χ1) is 18.2. The van der Waals surface area contributed by atoms with Gasteiger partial charge >= 0.3 is 6.09 Å². The predicted octanol–water partition coefficient (Wildman–Crippen LogP) is 7.04. The normalized spacial score (nSPS) is 16.1. The molecule has 0 heterocycles. The van der Waals surface area contributed by atoms with Gasteiger partial charge in [0.05, 0.1) is 6.54 Å². The molecule has 0 aliphatic heterocycles. The molecule has 0 saturated heterocycles. The lowest BCUT2D eigenvalue weighted by Gasteiger charge is -2.37. The molecule has 1 N–H and O–H groups in total. The lowest BCUT2D eigenvalue weighted by Crippen LogP contribution is -2.46. The quantitative estimate of drug-likeness (QED) is 0.315. The molecule has 1 aliphatic rings. The molecule has 1 aliphatic carbocycles. The van der Waals surface area contributed by atoms with Crippen LogP contribution in [0.5, 0.6) is 5.75 Å². The molecule has 202 valence electrons. The van der Waals surface area contributed by atoms with Crippen LogP contribution in [0.15, 0.2) is 78.9 Å². The van der Waals surface area contributed by atoms with Crippen molar-refractivity contribution < 1.29 is 14.6 Å². The number of fused-ring (bicyclic) bond motifs is 1. The topological polar surface area (TPSA) is 53.0 Å². The average molecular weight is 515 g/mol. The highest BCUT2D eigenvalue weighted by Crippen LogP contribution is 2.33. The molecule has 0 spiro atoms. The molecule has 2 atom stereocenters. The summed E-state index contributed by atoms with van der Waals surface area (Å²) < 4.78 is 6.29. The van der Waals surface area contributed by atoms with E-state index in [4.69, 9.17) is 4.74 Å². The van der Waals surface area contributed by atoms with Gasteiger partial charge in [0.15, 0.2) is 0 Å². The summed E-state index contributed by atoms with van der Waals surface area (Å²) in [4.78, 5) is 16.0.